The number of thiazole rings is 1. The van der Waals surface area contributed by atoms with Crippen molar-refractivity contribution in [1.82, 2.24) is 4.98 Å². The molecule has 144 valence electrons. The van der Waals surface area contributed by atoms with E-state index in [4.69, 9.17) is 16.0 Å². The van der Waals surface area contributed by atoms with Crippen LogP contribution in [0.2, 0.25) is 5.02 Å². The Morgan fingerprint density at radius 3 is 2.69 bits per heavy atom. The minimum Gasteiger partial charge on any atom is -0.450 e. The number of hydrogen-bond acceptors (Lipinski definition) is 5. The van der Waals surface area contributed by atoms with Crippen molar-refractivity contribution in [3.63, 3.8) is 0 Å². The van der Waals surface area contributed by atoms with Crippen molar-refractivity contribution in [3.05, 3.63) is 91.2 Å². The standard InChI is InChI=1S/C22H15ClN2O3S/c1-11-6-7-16-15(8-11)19(26)17-18(13-4-3-5-14(23)9-13)25(21(27)20(17)28-16)22-24-12(2)10-29-22/h3-10,18H,1-2H3/t18-/m1/s1. The molecule has 0 radical (unpaired) electrons. The van der Waals surface area contributed by atoms with Gasteiger partial charge >= 0.3 is 0 Å². The Bertz CT molecular complexity index is 1360. The van der Waals surface area contributed by atoms with Gasteiger partial charge in [-0.25, -0.2) is 4.98 Å². The van der Waals surface area contributed by atoms with Gasteiger partial charge in [0.15, 0.2) is 10.6 Å². The summed E-state index contributed by atoms with van der Waals surface area (Å²) in [4.78, 5) is 32.9. The molecule has 29 heavy (non-hydrogen) atoms. The lowest BCUT2D eigenvalue weighted by Gasteiger charge is -2.22. The fraction of sp³-hybridized carbons (Fsp3) is 0.136. The van der Waals surface area contributed by atoms with Crippen LogP contribution >= 0.6 is 22.9 Å². The van der Waals surface area contributed by atoms with E-state index < -0.39 is 6.04 Å². The van der Waals surface area contributed by atoms with E-state index in [9.17, 15) is 9.59 Å². The number of rotatable bonds is 2. The second-order valence-corrected chi connectivity index (χ2v) is 8.35. The summed E-state index contributed by atoms with van der Waals surface area (Å²) in [6.07, 6.45) is 0. The smallest absolute Gasteiger partial charge is 0.297 e. The topological polar surface area (TPSA) is 63.4 Å². The van der Waals surface area contributed by atoms with E-state index >= 15 is 0 Å². The predicted octanol–water partition coefficient (Wildman–Crippen LogP) is 5.27. The molecule has 7 heteroatoms. The quantitative estimate of drug-likeness (QED) is 0.441. The van der Waals surface area contributed by atoms with Gasteiger partial charge in [-0.05, 0) is 43.7 Å². The molecule has 3 heterocycles. The summed E-state index contributed by atoms with van der Waals surface area (Å²) in [5.41, 5.74) is 2.99. The highest BCUT2D eigenvalue weighted by Gasteiger charge is 2.44. The average Bonchev–Trinajstić information content (AvgIpc) is 3.24. The first-order valence-corrected chi connectivity index (χ1v) is 10.3. The SMILES string of the molecule is Cc1ccc2oc3c(c(=O)c2c1)[C@@H](c1cccc(Cl)c1)N(c1nc(C)cs1)C3=O. The number of aromatic nitrogens is 1. The minimum atomic E-state index is -0.650. The molecule has 0 aliphatic carbocycles. The largest absolute Gasteiger partial charge is 0.450 e. The molecule has 1 atom stereocenters. The molecule has 2 aromatic carbocycles. The van der Waals surface area contributed by atoms with Crippen molar-refractivity contribution in [1.29, 1.82) is 0 Å². The number of carbonyl (C=O) groups excluding carboxylic acids is 1. The summed E-state index contributed by atoms with van der Waals surface area (Å²) in [6, 6.07) is 11.9. The number of fused-ring (bicyclic) bond motifs is 2. The molecular formula is C22H15ClN2O3S. The third kappa shape index (κ3) is 2.79. The summed E-state index contributed by atoms with van der Waals surface area (Å²) >= 11 is 7.58. The Labute approximate surface area is 175 Å². The lowest BCUT2D eigenvalue weighted by molar-refractivity contribution is 0.0971. The molecular weight excluding hydrogens is 408 g/mol. The summed E-state index contributed by atoms with van der Waals surface area (Å²) < 4.78 is 5.95. The molecule has 0 N–H and O–H groups in total. The molecule has 1 aliphatic rings. The van der Waals surface area contributed by atoms with Gasteiger partial charge in [0, 0.05) is 10.4 Å². The highest BCUT2D eigenvalue weighted by Crippen LogP contribution is 2.42. The minimum absolute atomic E-state index is 0.0594. The van der Waals surface area contributed by atoms with E-state index in [1.54, 1.807) is 30.3 Å². The van der Waals surface area contributed by atoms with Crippen LogP contribution in [-0.4, -0.2) is 10.9 Å². The van der Waals surface area contributed by atoms with Gasteiger partial charge in [-0.1, -0.05) is 35.4 Å². The van der Waals surface area contributed by atoms with Gasteiger partial charge in [0.25, 0.3) is 5.91 Å². The first kappa shape index (κ1) is 18.1. The molecule has 5 rings (SSSR count). The highest BCUT2D eigenvalue weighted by molar-refractivity contribution is 7.14. The second-order valence-electron chi connectivity index (χ2n) is 7.08. The first-order chi connectivity index (χ1) is 13.9. The maximum Gasteiger partial charge on any atom is 0.297 e. The van der Waals surface area contributed by atoms with Crippen molar-refractivity contribution in [2.24, 2.45) is 0 Å². The predicted molar refractivity (Wildman–Crippen MR) is 114 cm³/mol. The van der Waals surface area contributed by atoms with Gasteiger partial charge in [0.05, 0.1) is 22.7 Å². The van der Waals surface area contributed by atoms with E-state index in [1.165, 1.54) is 16.2 Å². The second kappa shape index (κ2) is 6.54. The summed E-state index contributed by atoms with van der Waals surface area (Å²) in [5, 5.41) is 3.37. The number of aryl methyl sites for hydroxylation is 2. The highest BCUT2D eigenvalue weighted by atomic mass is 35.5. The summed E-state index contributed by atoms with van der Waals surface area (Å²) in [7, 11) is 0. The van der Waals surface area contributed by atoms with Gasteiger partial charge in [-0.2, -0.15) is 0 Å². The Balaban J connectivity index is 1.84. The van der Waals surface area contributed by atoms with Crippen LogP contribution in [0.1, 0.15) is 39.0 Å². The van der Waals surface area contributed by atoms with Gasteiger partial charge in [-0.15, -0.1) is 11.3 Å². The van der Waals surface area contributed by atoms with Crippen molar-refractivity contribution >= 4 is 44.9 Å². The Morgan fingerprint density at radius 2 is 1.97 bits per heavy atom. The molecule has 1 aliphatic heterocycles. The molecule has 0 saturated heterocycles. The van der Waals surface area contributed by atoms with E-state index in [2.05, 4.69) is 4.98 Å². The molecule has 1 amide bonds. The van der Waals surface area contributed by atoms with Crippen LogP contribution in [0.25, 0.3) is 11.0 Å². The van der Waals surface area contributed by atoms with Crippen LogP contribution in [0, 0.1) is 13.8 Å². The van der Waals surface area contributed by atoms with Gasteiger partial charge < -0.3 is 4.42 Å². The van der Waals surface area contributed by atoms with Crippen LogP contribution in [0.15, 0.2) is 57.1 Å². The van der Waals surface area contributed by atoms with Gasteiger partial charge in [-0.3, -0.25) is 14.5 Å². The van der Waals surface area contributed by atoms with Gasteiger partial charge in [0.2, 0.25) is 5.76 Å². The average molecular weight is 423 g/mol. The Morgan fingerprint density at radius 1 is 1.14 bits per heavy atom. The Hall–Kier alpha value is -2.96. The van der Waals surface area contributed by atoms with Crippen molar-refractivity contribution in [3.8, 4) is 0 Å². The summed E-state index contributed by atoms with van der Waals surface area (Å²) in [6.45, 7) is 3.78. The Kier molecular flexibility index (Phi) is 4.08. The molecule has 2 aromatic heterocycles. The number of carbonyl (C=O) groups is 1. The van der Waals surface area contributed by atoms with Gasteiger partial charge in [0.1, 0.15) is 5.58 Å². The number of anilines is 1. The molecule has 5 nitrogen and oxygen atoms in total. The lowest BCUT2D eigenvalue weighted by atomic mass is 9.98. The van der Waals surface area contributed by atoms with Crippen molar-refractivity contribution in [2.45, 2.75) is 19.9 Å². The van der Waals surface area contributed by atoms with E-state index in [0.717, 1.165) is 16.8 Å². The molecule has 0 spiro atoms. The van der Waals surface area contributed by atoms with E-state index in [-0.39, 0.29) is 17.1 Å². The van der Waals surface area contributed by atoms with Crippen LogP contribution < -0.4 is 10.3 Å². The van der Waals surface area contributed by atoms with Crippen LogP contribution in [0.3, 0.4) is 0 Å². The van der Waals surface area contributed by atoms with Crippen LogP contribution in [0.4, 0.5) is 5.13 Å². The molecule has 0 saturated carbocycles. The zero-order chi connectivity index (χ0) is 20.3. The van der Waals surface area contributed by atoms with Crippen molar-refractivity contribution in [2.75, 3.05) is 4.90 Å². The molecule has 0 bridgehead atoms. The molecule has 0 unspecified atom stereocenters. The first-order valence-electron chi connectivity index (χ1n) is 9.02. The normalized spacial score (nSPS) is 15.9. The van der Waals surface area contributed by atoms with E-state index in [0.29, 0.717) is 26.7 Å². The fourth-order valence-electron chi connectivity index (χ4n) is 3.73. The van der Waals surface area contributed by atoms with E-state index in [1.807, 2.05) is 31.4 Å². The lowest BCUT2D eigenvalue weighted by Crippen LogP contribution is -2.29. The fourth-order valence-corrected chi connectivity index (χ4v) is 4.75. The number of amides is 1. The van der Waals surface area contributed by atoms with Crippen molar-refractivity contribution < 1.29 is 9.21 Å². The maximum atomic E-state index is 13.5. The summed E-state index contributed by atoms with van der Waals surface area (Å²) in [5.74, 6) is -0.317. The monoisotopic (exact) mass is 422 g/mol. The zero-order valence-corrected chi connectivity index (χ0v) is 17.2. The number of hydrogen-bond donors (Lipinski definition) is 0. The molecule has 0 fully saturated rings. The number of halogens is 1. The number of benzene rings is 2. The maximum absolute atomic E-state index is 13.5. The van der Waals surface area contributed by atoms with Crippen LogP contribution in [0.5, 0.6) is 0 Å². The molecule has 4 aromatic rings. The van der Waals surface area contributed by atoms with Crippen LogP contribution in [-0.2, 0) is 0 Å². The number of nitrogens with zero attached hydrogens (tertiary/aromatic N) is 2. The third-order valence-electron chi connectivity index (χ3n) is 5.00. The third-order valence-corrected chi connectivity index (χ3v) is 6.20. The zero-order valence-electron chi connectivity index (χ0n) is 15.6.